The van der Waals surface area contributed by atoms with Crippen LogP contribution < -0.4 is 10.3 Å². The highest BCUT2D eigenvalue weighted by Gasteiger charge is 2.17. The molecule has 1 saturated heterocycles. The number of halogens is 1. The first-order valence-corrected chi connectivity index (χ1v) is 8.98. The number of aryl methyl sites for hydroxylation is 1. The van der Waals surface area contributed by atoms with Gasteiger partial charge in [-0.25, -0.2) is 14.8 Å². The van der Waals surface area contributed by atoms with Gasteiger partial charge in [0.1, 0.15) is 0 Å². The highest BCUT2D eigenvalue weighted by atomic mass is 19.1. The molecule has 0 aliphatic carbocycles. The molecular formula is C19H21FN6O. The number of nitrogens with one attached hydrogen (secondary N) is 1. The second kappa shape index (κ2) is 7.71. The molecule has 0 unspecified atom stereocenters. The fraction of sp³-hybridized carbons (Fsp3) is 0.316. The summed E-state index contributed by atoms with van der Waals surface area (Å²) in [5, 5.41) is 5.37. The lowest BCUT2D eigenvalue weighted by Crippen LogP contribution is -2.37. The van der Waals surface area contributed by atoms with Crippen LogP contribution in [-0.2, 0) is 11.3 Å². The Labute approximate surface area is 156 Å². The number of fused-ring (bicyclic) bond motifs is 1. The van der Waals surface area contributed by atoms with Gasteiger partial charge in [-0.1, -0.05) is 18.2 Å². The van der Waals surface area contributed by atoms with Crippen molar-refractivity contribution in [2.75, 3.05) is 36.6 Å². The molecule has 1 aliphatic rings. The molecule has 3 heterocycles. The Bertz CT molecular complexity index is 964. The summed E-state index contributed by atoms with van der Waals surface area (Å²) in [7, 11) is 0. The number of hydrogen-bond acceptors (Lipinski definition) is 6. The summed E-state index contributed by atoms with van der Waals surface area (Å²) in [6.45, 7) is 5.31. The highest BCUT2D eigenvalue weighted by molar-refractivity contribution is 5.99. The molecule has 0 spiro atoms. The van der Waals surface area contributed by atoms with E-state index in [1.807, 2.05) is 17.0 Å². The van der Waals surface area contributed by atoms with E-state index in [-0.39, 0.29) is 11.8 Å². The molecular weight excluding hydrogens is 347 g/mol. The standard InChI is InChI=1S/C19H21FN6O/c1-2-25-13-14(15-5-3-4-6-17(15)25)11-22-24-19-21-12-16(20)18(23-19)26-7-9-27-10-8-26/h3-6,11-13H,2,7-10H2,1H3,(H,21,23,24). The van der Waals surface area contributed by atoms with Gasteiger partial charge in [0, 0.05) is 42.3 Å². The molecule has 1 aromatic carbocycles. The van der Waals surface area contributed by atoms with Gasteiger partial charge < -0.3 is 14.2 Å². The van der Waals surface area contributed by atoms with Crippen LogP contribution in [0.2, 0.25) is 0 Å². The number of rotatable bonds is 5. The number of hydrogen-bond donors (Lipinski definition) is 1. The number of nitrogens with zero attached hydrogens (tertiary/aromatic N) is 5. The normalized spacial score (nSPS) is 15.0. The summed E-state index contributed by atoms with van der Waals surface area (Å²) in [6.07, 6.45) is 4.95. The molecule has 0 amide bonds. The predicted molar refractivity (Wildman–Crippen MR) is 104 cm³/mol. The van der Waals surface area contributed by atoms with Crippen LogP contribution in [-0.4, -0.2) is 47.1 Å². The molecule has 0 atom stereocenters. The molecule has 0 saturated carbocycles. The Kier molecular flexibility index (Phi) is 4.97. The van der Waals surface area contributed by atoms with Gasteiger partial charge in [0.2, 0.25) is 5.95 Å². The van der Waals surface area contributed by atoms with Gasteiger partial charge in [-0.15, -0.1) is 0 Å². The third kappa shape index (κ3) is 3.61. The van der Waals surface area contributed by atoms with Gasteiger partial charge in [0.05, 0.1) is 25.6 Å². The van der Waals surface area contributed by atoms with Crippen LogP contribution in [0.3, 0.4) is 0 Å². The first kappa shape index (κ1) is 17.4. The van der Waals surface area contributed by atoms with E-state index in [0.29, 0.717) is 26.3 Å². The largest absolute Gasteiger partial charge is 0.378 e. The number of benzene rings is 1. The van der Waals surface area contributed by atoms with Crippen molar-refractivity contribution in [3.63, 3.8) is 0 Å². The average molecular weight is 368 g/mol. The molecule has 2 aromatic heterocycles. The molecule has 3 aromatic rings. The lowest BCUT2D eigenvalue weighted by Gasteiger charge is -2.27. The summed E-state index contributed by atoms with van der Waals surface area (Å²) in [5.41, 5.74) is 4.96. The molecule has 140 valence electrons. The molecule has 1 aliphatic heterocycles. The van der Waals surface area contributed by atoms with Gasteiger partial charge >= 0.3 is 0 Å². The summed E-state index contributed by atoms with van der Waals surface area (Å²) in [5.74, 6) is 0.0828. The number of para-hydroxylation sites is 1. The topological polar surface area (TPSA) is 67.6 Å². The summed E-state index contributed by atoms with van der Waals surface area (Å²) >= 11 is 0. The minimum atomic E-state index is -0.447. The van der Waals surface area contributed by atoms with Crippen LogP contribution in [0.1, 0.15) is 12.5 Å². The van der Waals surface area contributed by atoms with Gasteiger partial charge in [-0.3, -0.25) is 0 Å². The zero-order chi connectivity index (χ0) is 18.6. The van der Waals surface area contributed by atoms with Crippen molar-refractivity contribution in [3.05, 3.63) is 48.0 Å². The molecule has 1 fully saturated rings. The van der Waals surface area contributed by atoms with Crippen molar-refractivity contribution in [1.29, 1.82) is 0 Å². The quantitative estimate of drug-likeness (QED) is 0.554. The van der Waals surface area contributed by atoms with E-state index in [1.54, 1.807) is 6.21 Å². The molecule has 1 N–H and O–H groups in total. The minimum absolute atomic E-state index is 0.258. The SMILES string of the molecule is CCn1cc(C=NNc2ncc(F)c(N3CCOCC3)n2)c2ccccc21. The highest BCUT2D eigenvalue weighted by Crippen LogP contribution is 2.20. The number of aromatic nitrogens is 3. The maximum absolute atomic E-state index is 14.1. The number of morpholine rings is 1. The predicted octanol–water partition coefficient (Wildman–Crippen LogP) is 2.87. The Hall–Kier alpha value is -3.00. The zero-order valence-corrected chi connectivity index (χ0v) is 15.1. The fourth-order valence-corrected chi connectivity index (χ4v) is 3.21. The maximum Gasteiger partial charge on any atom is 0.245 e. The van der Waals surface area contributed by atoms with Crippen molar-refractivity contribution < 1.29 is 9.13 Å². The Morgan fingerprint density at radius 3 is 2.93 bits per heavy atom. The van der Waals surface area contributed by atoms with Crippen LogP contribution in [0.5, 0.6) is 0 Å². The van der Waals surface area contributed by atoms with E-state index in [2.05, 4.69) is 50.3 Å². The van der Waals surface area contributed by atoms with Crippen LogP contribution >= 0.6 is 0 Å². The van der Waals surface area contributed by atoms with Crippen LogP contribution in [0.4, 0.5) is 16.2 Å². The number of anilines is 2. The van der Waals surface area contributed by atoms with Gasteiger partial charge in [0.15, 0.2) is 11.6 Å². The fourth-order valence-electron chi connectivity index (χ4n) is 3.21. The molecule has 8 heteroatoms. The monoisotopic (exact) mass is 368 g/mol. The van der Waals surface area contributed by atoms with E-state index >= 15 is 0 Å². The summed E-state index contributed by atoms with van der Waals surface area (Å²) < 4.78 is 21.6. The molecule has 27 heavy (non-hydrogen) atoms. The first-order chi connectivity index (χ1) is 13.3. The second-order valence-electron chi connectivity index (χ2n) is 6.22. The maximum atomic E-state index is 14.1. The Morgan fingerprint density at radius 1 is 1.30 bits per heavy atom. The third-order valence-electron chi connectivity index (χ3n) is 4.56. The smallest absolute Gasteiger partial charge is 0.245 e. The lowest BCUT2D eigenvalue weighted by atomic mass is 10.2. The van der Waals surface area contributed by atoms with E-state index in [1.165, 1.54) is 6.20 Å². The molecule has 7 nitrogen and oxygen atoms in total. The van der Waals surface area contributed by atoms with Crippen molar-refractivity contribution in [3.8, 4) is 0 Å². The van der Waals surface area contributed by atoms with Crippen molar-refractivity contribution in [1.82, 2.24) is 14.5 Å². The number of hydrazone groups is 1. The van der Waals surface area contributed by atoms with Crippen molar-refractivity contribution >= 4 is 28.9 Å². The molecule has 0 bridgehead atoms. The van der Waals surface area contributed by atoms with Gasteiger partial charge in [-0.05, 0) is 13.0 Å². The molecule has 4 rings (SSSR count). The first-order valence-electron chi connectivity index (χ1n) is 8.98. The van der Waals surface area contributed by atoms with Crippen molar-refractivity contribution in [2.24, 2.45) is 5.10 Å². The van der Waals surface area contributed by atoms with Gasteiger partial charge in [0.25, 0.3) is 0 Å². The summed E-state index contributed by atoms with van der Waals surface area (Å²) in [6, 6.07) is 8.17. The summed E-state index contributed by atoms with van der Waals surface area (Å²) in [4.78, 5) is 10.1. The lowest BCUT2D eigenvalue weighted by molar-refractivity contribution is 0.122. The van der Waals surface area contributed by atoms with Crippen LogP contribution in [0.25, 0.3) is 10.9 Å². The van der Waals surface area contributed by atoms with Crippen LogP contribution in [0.15, 0.2) is 41.8 Å². The average Bonchev–Trinajstić information content (AvgIpc) is 3.08. The van der Waals surface area contributed by atoms with E-state index in [4.69, 9.17) is 4.74 Å². The Balaban J connectivity index is 1.53. The van der Waals surface area contributed by atoms with Crippen LogP contribution in [0, 0.1) is 5.82 Å². The molecule has 0 radical (unpaired) electrons. The van der Waals surface area contributed by atoms with E-state index in [9.17, 15) is 4.39 Å². The number of ether oxygens (including phenoxy) is 1. The van der Waals surface area contributed by atoms with E-state index in [0.717, 1.165) is 23.0 Å². The minimum Gasteiger partial charge on any atom is -0.378 e. The van der Waals surface area contributed by atoms with Gasteiger partial charge in [-0.2, -0.15) is 10.1 Å². The third-order valence-corrected chi connectivity index (χ3v) is 4.56. The van der Waals surface area contributed by atoms with E-state index < -0.39 is 5.82 Å². The second-order valence-corrected chi connectivity index (χ2v) is 6.22. The van der Waals surface area contributed by atoms with Crippen molar-refractivity contribution in [2.45, 2.75) is 13.5 Å². The zero-order valence-electron chi connectivity index (χ0n) is 15.1. The Morgan fingerprint density at radius 2 is 2.11 bits per heavy atom.